The Balaban J connectivity index is 2.19. The number of fused-ring (bicyclic) bond motifs is 1. The Morgan fingerprint density at radius 2 is 1.65 bits per heavy atom. The molecule has 0 heterocycles. The van der Waals surface area contributed by atoms with E-state index in [0.717, 1.165) is 19.6 Å². The number of benzene rings is 3. The zero-order chi connectivity index (χ0) is 18.7. The predicted molar refractivity (Wildman–Crippen MR) is 105 cm³/mol. The van der Waals surface area contributed by atoms with Gasteiger partial charge in [0.05, 0.1) is 10.6 Å². The smallest absolute Gasteiger partial charge is 0.264 e. The van der Waals surface area contributed by atoms with Crippen LogP contribution >= 0.6 is 15.9 Å². The molecular formula is C18H16BrN3O3S. The van der Waals surface area contributed by atoms with E-state index in [4.69, 9.17) is 5.84 Å². The third-order valence-electron chi connectivity index (χ3n) is 3.89. The Labute approximate surface area is 159 Å². The normalized spacial score (nSPS) is 11.3. The van der Waals surface area contributed by atoms with E-state index in [1.807, 2.05) is 35.8 Å². The van der Waals surface area contributed by atoms with Crippen molar-refractivity contribution in [1.29, 1.82) is 0 Å². The number of hydrogen-bond donors (Lipinski definition) is 2. The molecule has 26 heavy (non-hydrogen) atoms. The molecule has 0 fully saturated rings. The third-order valence-corrected chi connectivity index (χ3v) is 6.19. The zero-order valence-electron chi connectivity index (χ0n) is 13.6. The van der Waals surface area contributed by atoms with E-state index < -0.39 is 22.5 Å². The zero-order valence-corrected chi connectivity index (χ0v) is 16.0. The van der Waals surface area contributed by atoms with Crippen LogP contribution in [0.4, 0.5) is 5.69 Å². The van der Waals surface area contributed by atoms with Gasteiger partial charge >= 0.3 is 0 Å². The summed E-state index contributed by atoms with van der Waals surface area (Å²) in [7, 11) is -3.97. The van der Waals surface area contributed by atoms with Gasteiger partial charge in [-0.2, -0.15) is 0 Å². The fourth-order valence-corrected chi connectivity index (χ4v) is 4.34. The lowest BCUT2D eigenvalue weighted by Crippen LogP contribution is -2.43. The number of amides is 1. The minimum atomic E-state index is -3.97. The van der Waals surface area contributed by atoms with Crippen molar-refractivity contribution in [3.63, 3.8) is 0 Å². The molecule has 0 bridgehead atoms. The van der Waals surface area contributed by atoms with Gasteiger partial charge in [0.15, 0.2) is 0 Å². The maximum absolute atomic E-state index is 13.2. The first-order valence-electron chi connectivity index (χ1n) is 7.69. The number of nitrogens with two attached hydrogens (primary N) is 1. The molecule has 8 heteroatoms. The number of hydrogen-bond acceptors (Lipinski definition) is 4. The van der Waals surface area contributed by atoms with Crippen molar-refractivity contribution in [3.05, 3.63) is 71.2 Å². The molecule has 134 valence electrons. The molecule has 0 spiro atoms. The quantitative estimate of drug-likeness (QED) is 0.367. The number of hydrazine groups is 1. The Bertz CT molecular complexity index is 1050. The van der Waals surface area contributed by atoms with Crippen LogP contribution in [0.3, 0.4) is 0 Å². The van der Waals surface area contributed by atoms with Crippen LogP contribution in [0.15, 0.2) is 76.1 Å². The molecule has 0 atom stereocenters. The molecule has 6 nitrogen and oxygen atoms in total. The first kappa shape index (κ1) is 18.4. The van der Waals surface area contributed by atoms with Gasteiger partial charge in [0.25, 0.3) is 15.9 Å². The second-order valence-corrected chi connectivity index (χ2v) is 8.31. The van der Waals surface area contributed by atoms with E-state index >= 15 is 0 Å². The van der Waals surface area contributed by atoms with Gasteiger partial charge in [-0.15, -0.1) is 0 Å². The van der Waals surface area contributed by atoms with E-state index in [0.29, 0.717) is 5.69 Å². The van der Waals surface area contributed by atoms with Crippen molar-refractivity contribution < 1.29 is 13.2 Å². The van der Waals surface area contributed by atoms with Crippen molar-refractivity contribution in [2.45, 2.75) is 4.90 Å². The number of rotatable bonds is 5. The molecule has 0 unspecified atom stereocenters. The standard InChI is InChI=1S/C18H16BrN3O3S/c19-14-8-10-15(11-9-14)26(24,25)22(12-18(23)21-20)17-7-3-5-13-4-1-2-6-16(13)17/h1-11H,12,20H2,(H,21,23). The first-order valence-corrected chi connectivity index (χ1v) is 9.92. The molecule has 3 aromatic rings. The van der Waals surface area contributed by atoms with Gasteiger partial charge in [0.2, 0.25) is 0 Å². The van der Waals surface area contributed by atoms with E-state index in [-0.39, 0.29) is 4.90 Å². The summed E-state index contributed by atoms with van der Waals surface area (Å²) in [6.45, 7) is -0.428. The van der Waals surface area contributed by atoms with Crippen molar-refractivity contribution in [2.75, 3.05) is 10.8 Å². The maximum Gasteiger partial charge on any atom is 0.264 e. The van der Waals surface area contributed by atoms with Crippen molar-refractivity contribution in [3.8, 4) is 0 Å². The van der Waals surface area contributed by atoms with Crippen LogP contribution in [0.5, 0.6) is 0 Å². The van der Waals surface area contributed by atoms with Gasteiger partial charge < -0.3 is 0 Å². The van der Waals surface area contributed by atoms with Gasteiger partial charge in [0.1, 0.15) is 6.54 Å². The van der Waals surface area contributed by atoms with Crippen LogP contribution in [0.2, 0.25) is 0 Å². The highest BCUT2D eigenvalue weighted by Gasteiger charge is 2.28. The van der Waals surface area contributed by atoms with Crippen LogP contribution in [-0.2, 0) is 14.8 Å². The van der Waals surface area contributed by atoms with E-state index in [2.05, 4.69) is 15.9 Å². The van der Waals surface area contributed by atoms with Crippen LogP contribution in [-0.4, -0.2) is 20.9 Å². The lowest BCUT2D eigenvalue weighted by Gasteiger charge is -2.25. The highest BCUT2D eigenvalue weighted by molar-refractivity contribution is 9.10. The lowest BCUT2D eigenvalue weighted by atomic mass is 10.1. The summed E-state index contributed by atoms with van der Waals surface area (Å²) >= 11 is 3.29. The molecule has 3 N–H and O–H groups in total. The molecule has 1 amide bonds. The molecular weight excluding hydrogens is 418 g/mol. The summed E-state index contributed by atoms with van der Waals surface area (Å²) in [5.74, 6) is 4.57. The summed E-state index contributed by atoms with van der Waals surface area (Å²) in [6, 6.07) is 18.9. The molecule has 0 aliphatic heterocycles. The fraction of sp³-hybridized carbons (Fsp3) is 0.0556. The Hall–Kier alpha value is -2.42. The average molecular weight is 434 g/mol. The summed E-state index contributed by atoms with van der Waals surface area (Å²) < 4.78 is 28.3. The van der Waals surface area contributed by atoms with E-state index in [1.165, 1.54) is 12.1 Å². The van der Waals surface area contributed by atoms with Gasteiger partial charge in [-0.25, -0.2) is 14.3 Å². The summed E-state index contributed by atoms with van der Waals surface area (Å²) in [5.41, 5.74) is 2.41. The second-order valence-electron chi connectivity index (χ2n) is 5.53. The Morgan fingerprint density at radius 3 is 2.35 bits per heavy atom. The van der Waals surface area contributed by atoms with Crippen molar-refractivity contribution in [1.82, 2.24) is 5.43 Å². The predicted octanol–water partition coefficient (Wildman–Crippen LogP) is 2.79. The Kier molecular flexibility index (Phi) is 5.26. The first-order chi connectivity index (χ1) is 12.4. The number of halogens is 1. The summed E-state index contributed by atoms with van der Waals surface area (Å²) in [4.78, 5) is 12.0. The van der Waals surface area contributed by atoms with Crippen LogP contribution < -0.4 is 15.6 Å². The molecule has 0 radical (unpaired) electrons. The Morgan fingerprint density at radius 1 is 1.00 bits per heavy atom. The van der Waals surface area contributed by atoms with Crippen LogP contribution in [0.25, 0.3) is 10.8 Å². The number of carbonyl (C=O) groups is 1. The van der Waals surface area contributed by atoms with E-state index in [9.17, 15) is 13.2 Å². The molecule has 0 saturated heterocycles. The summed E-state index contributed by atoms with van der Waals surface area (Å²) in [6.07, 6.45) is 0. The SMILES string of the molecule is NNC(=O)CN(c1cccc2ccccc12)S(=O)(=O)c1ccc(Br)cc1. The minimum absolute atomic E-state index is 0.0819. The molecule has 0 aliphatic rings. The molecule has 0 aliphatic carbocycles. The number of sulfonamides is 1. The van der Waals surface area contributed by atoms with Gasteiger partial charge in [-0.1, -0.05) is 52.3 Å². The van der Waals surface area contributed by atoms with Crippen molar-refractivity contribution >= 4 is 48.3 Å². The van der Waals surface area contributed by atoms with Crippen LogP contribution in [0, 0.1) is 0 Å². The topological polar surface area (TPSA) is 92.5 Å². The van der Waals surface area contributed by atoms with Crippen LogP contribution in [0.1, 0.15) is 0 Å². The van der Waals surface area contributed by atoms with Crippen molar-refractivity contribution in [2.24, 2.45) is 5.84 Å². The monoisotopic (exact) mass is 433 g/mol. The van der Waals surface area contributed by atoms with Gasteiger partial charge in [-0.05, 0) is 35.7 Å². The number of nitrogens with one attached hydrogen (secondary N) is 1. The maximum atomic E-state index is 13.2. The molecule has 0 saturated carbocycles. The average Bonchev–Trinajstić information content (AvgIpc) is 2.65. The molecule has 3 rings (SSSR count). The highest BCUT2D eigenvalue weighted by Crippen LogP contribution is 2.31. The largest absolute Gasteiger partial charge is 0.293 e. The number of carbonyl (C=O) groups excluding carboxylic acids is 1. The summed E-state index contributed by atoms with van der Waals surface area (Å²) in [5, 5.41) is 1.59. The molecule has 0 aromatic heterocycles. The highest BCUT2D eigenvalue weighted by atomic mass is 79.9. The van der Waals surface area contributed by atoms with E-state index in [1.54, 1.807) is 24.3 Å². The minimum Gasteiger partial charge on any atom is -0.293 e. The van der Waals surface area contributed by atoms with Gasteiger partial charge in [-0.3, -0.25) is 14.5 Å². The number of nitrogens with zero attached hydrogens (tertiary/aromatic N) is 1. The lowest BCUT2D eigenvalue weighted by molar-refractivity contribution is -0.119. The third kappa shape index (κ3) is 3.57. The number of anilines is 1. The fourth-order valence-electron chi connectivity index (χ4n) is 2.64. The molecule has 3 aromatic carbocycles. The second kappa shape index (κ2) is 7.45. The van der Waals surface area contributed by atoms with Gasteiger partial charge in [0, 0.05) is 9.86 Å².